The van der Waals surface area contributed by atoms with Gasteiger partial charge in [-0.2, -0.15) is 28.3 Å². The van der Waals surface area contributed by atoms with Crippen molar-refractivity contribution in [1.29, 1.82) is 0 Å². The summed E-state index contributed by atoms with van der Waals surface area (Å²) in [6.07, 6.45) is 0. The summed E-state index contributed by atoms with van der Waals surface area (Å²) >= 11 is 1.74. The molecule has 0 amide bonds. The monoisotopic (exact) mass is 488 g/mol. The van der Waals surface area contributed by atoms with Gasteiger partial charge < -0.3 is 0 Å². The molecular weight excluding hydrogens is 456 g/mol. The molecule has 4 rings (SSSR count). The normalized spacial score (nSPS) is 10.2. The second kappa shape index (κ2) is 11.2. The largest absolute Gasteiger partial charge is 0.196 e. The van der Waals surface area contributed by atoms with Crippen molar-refractivity contribution < 1.29 is 23.3 Å². The van der Waals surface area contributed by atoms with Crippen LogP contribution >= 0.6 is 0 Å². The predicted octanol–water partition coefficient (Wildman–Crippen LogP) is 8.27. The van der Waals surface area contributed by atoms with Crippen molar-refractivity contribution in [2.75, 3.05) is 0 Å². The van der Waals surface area contributed by atoms with Gasteiger partial charge >= 0.3 is 41.9 Å². The van der Waals surface area contributed by atoms with E-state index in [1.165, 1.54) is 55.3 Å². The third-order valence-corrected chi connectivity index (χ3v) is 5.56. The van der Waals surface area contributed by atoms with E-state index in [9.17, 15) is 0 Å². The maximum atomic E-state index is 2.31. The van der Waals surface area contributed by atoms with E-state index in [0.717, 1.165) is 0 Å². The zero-order valence-electron chi connectivity index (χ0n) is 19.8. The summed E-state index contributed by atoms with van der Waals surface area (Å²) in [7, 11) is 0. The van der Waals surface area contributed by atoms with E-state index >= 15 is 0 Å². The Kier molecular flexibility index (Phi) is 9.26. The van der Waals surface area contributed by atoms with Gasteiger partial charge in [-0.05, 0) is 6.92 Å². The van der Waals surface area contributed by atoms with Gasteiger partial charge in [0.05, 0.1) is 0 Å². The van der Waals surface area contributed by atoms with E-state index in [4.69, 9.17) is 0 Å². The average molecular weight is 490 g/mol. The fourth-order valence-electron chi connectivity index (χ4n) is 3.76. The topological polar surface area (TPSA) is 0 Å². The van der Waals surface area contributed by atoms with Crippen molar-refractivity contribution in [3.63, 3.8) is 0 Å². The Bertz CT molecular complexity index is 1100. The van der Waals surface area contributed by atoms with Gasteiger partial charge in [0.25, 0.3) is 0 Å². The van der Waals surface area contributed by atoms with Gasteiger partial charge in [0, 0.05) is 0 Å². The van der Waals surface area contributed by atoms with E-state index in [2.05, 4.69) is 115 Å². The third-order valence-electron chi connectivity index (χ3n) is 5.56. The summed E-state index contributed by atoms with van der Waals surface area (Å²) in [5.74, 6) is 0. The molecule has 0 atom stereocenters. The molecule has 4 aromatic rings. The van der Waals surface area contributed by atoms with Crippen LogP contribution in [0.1, 0.15) is 33.4 Å². The molecule has 0 fully saturated rings. The molecule has 4 aromatic carbocycles. The minimum Gasteiger partial charge on any atom is -0.196 e. The van der Waals surface area contributed by atoms with Crippen molar-refractivity contribution in [2.24, 2.45) is 0 Å². The minimum atomic E-state index is 0.210. The van der Waals surface area contributed by atoms with Crippen LogP contribution in [0.4, 0.5) is 0 Å². The van der Waals surface area contributed by atoms with Crippen LogP contribution in [0.3, 0.4) is 0 Å². The number of hydrogen-bond donors (Lipinski definition) is 0. The van der Waals surface area contributed by atoms with E-state index in [-0.39, 0.29) is 5.43 Å². The summed E-state index contributed by atoms with van der Waals surface area (Å²) in [5, 5.41) is 2.75. The smallest absolute Gasteiger partial charge is 0.0487 e. The van der Waals surface area contributed by atoms with Crippen molar-refractivity contribution in [3.8, 4) is 11.1 Å². The van der Waals surface area contributed by atoms with E-state index in [1.54, 1.807) is 23.3 Å². The van der Waals surface area contributed by atoms with Gasteiger partial charge in [-0.15, -0.1) is 40.1 Å². The molecule has 0 unspecified atom stereocenters. The molecule has 154 valence electrons. The molecule has 0 aliphatic carbocycles. The Morgan fingerprint density at radius 2 is 1.20 bits per heavy atom. The molecule has 0 saturated heterocycles. The van der Waals surface area contributed by atoms with E-state index < -0.39 is 0 Å². The van der Waals surface area contributed by atoms with Crippen LogP contribution < -0.4 is 0 Å². The fraction of sp³-hybridized carbons (Fsp3) is 0.286. The van der Waals surface area contributed by atoms with Gasteiger partial charge in [-0.1, -0.05) is 82.1 Å². The summed E-state index contributed by atoms with van der Waals surface area (Å²) in [5.41, 5.74) is 11.4. The Labute approximate surface area is 198 Å². The van der Waals surface area contributed by atoms with Gasteiger partial charge in [-0.25, -0.2) is 0 Å². The van der Waals surface area contributed by atoms with Crippen LogP contribution in [0.25, 0.3) is 21.9 Å². The quantitative estimate of drug-likeness (QED) is 0.186. The van der Waals surface area contributed by atoms with Crippen LogP contribution in [0.2, 0.25) is 13.1 Å². The van der Waals surface area contributed by atoms with Crippen molar-refractivity contribution >= 4 is 16.2 Å². The van der Waals surface area contributed by atoms with Crippen molar-refractivity contribution in [1.82, 2.24) is 0 Å². The maximum absolute atomic E-state index is 2.31. The second-order valence-electron chi connectivity index (χ2n) is 8.37. The molecule has 0 bridgehead atoms. The first kappa shape index (κ1) is 24.8. The first-order chi connectivity index (χ1) is 14.1. The summed E-state index contributed by atoms with van der Waals surface area (Å²) < 4.78 is 0. The standard InChI is InChI=1S/C17H15.C9H13.C2H6Si.Zr/c1-12-7-6-10-15-11-13(2)17(16(12)15)14-8-4-3-5-9-14;1-6-5-7(2)9(4)8(6)3;1-3-2;/h3-11H,1-2H3;5H,1-4H3;1-2H3;/q2*-1;;+2. The molecule has 0 aliphatic heterocycles. The van der Waals surface area contributed by atoms with Gasteiger partial charge in [0.15, 0.2) is 0 Å². The first-order valence-corrected chi connectivity index (χ1v) is 16.7. The molecule has 0 N–H and O–H groups in total. The van der Waals surface area contributed by atoms with E-state index in [0.29, 0.717) is 0 Å². The van der Waals surface area contributed by atoms with Gasteiger partial charge in [0.1, 0.15) is 0 Å². The third kappa shape index (κ3) is 6.25. The van der Waals surface area contributed by atoms with Crippen LogP contribution in [0.5, 0.6) is 0 Å². The van der Waals surface area contributed by atoms with E-state index in [1.807, 2.05) is 0 Å². The van der Waals surface area contributed by atoms with Gasteiger partial charge in [0.2, 0.25) is 0 Å². The molecule has 0 saturated carbocycles. The summed E-state index contributed by atoms with van der Waals surface area (Å²) in [6, 6.07) is 21.7. The number of benzene rings is 2. The van der Waals surface area contributed by atoms with Crippen molar-refractivity contribution in [2.45, 2.75) is 54.6 Å². The Balaban J connectivity index is 0.000000207. The van der Waals surface area contributed by atoms with Crippen LogP contribution in [0, 0.1) is 41.5 Å². The number of hydrogen-bond acceptors (Lipinski definition) is 0. The first-order valence-electron chi connectivity index (χ1n) is 10.6. The van der Waals surface area contributed by atoms with Crippen molar-refractivity contribution in [3.05, 3.63) is 94.0 Å². The van der Waals surface area contributed by atoms with Crippen LogP contribution in [-0.2, 0) is 23.3 Å². The molecular formula is C28H34SiZr. The molecule has 0 radical (unpaired) electrons. The zero-order chi connectivity index (χ0) is 22.4. The summed E-state index contributed by atoms with van der Waals surface area (Å²) in [4.78, 5) is 0. The molecule has 30 heavy (non-hydrogen) atoms. The molecule has 0 aliphatic rings. The predicted molar refractivity (Wildman–Crippen MR) is 133 cm³/mol. The van der Waals surface area contributed by atoms with Crippen LogP contribution in [-0.4, -0.2) is 5.43 Å². The summed E-state index contributed by atoms with van der Waals surface area (Å²) in [6.45, 7) is 17.7. The Hall–Kier alpha value is -1.50. The zero-order valence-corrected chi connectivity index (χ0v) is 23.2. The molecule has 0 heterocycles. The molecule has 0 nitrogen and oxygen atoms in total. The number of rotatable bonds is 1. The maximum Gasteiger partial charge on any atom is -0.0487 e. The second-order valence-corrected chi connectivity index (χ2v) is 17.7. The Morgan fingerprint density at radius 3 is 1.67 bits per heavy atom. The molecule has 0 spiro atoms. The fourth-order valence-corrected chi connectivity index (χ4v) is 3.76. The van der Waals surface area contributed by atoms with Crippen LogP contribution in [0.15, 0.2) is 60.7 Å². The Morgan fingerprint density at radius 1 is 0.667 bits per heavy atom. The van der Waals surface area contributed by atoms with Gasteiger partial charge in [-0.3, -0.25) is 0 Å². The molecule has 0 aromatic heterocycles. The number of fused-ring (bicyclic) bond motifs is 1. The molecule has 2 heteroatoms. The minimum absolute atomic E-state index is 0.210. The number of aryl methyl sites for hydroxylation is 4. The average Bonchev–Trinajstić information content (AvgIpc) is 3.14. The SMILES string of the molecule is C[Si](C)=[Zr+2].Cc1[cH-]c(C)c(C)c1C.Cc1[cH-]c2cccc(C)c2c1-c1ccccc1.